The Kier molecular flexibility index (Phi) is 4.10. The lowest BCUT2D eigenvalue weighted by Crippen LogP contribution is -2.44. The molecule has 1 aliphatic rings. The van der Waals surface area contributed by atoms with Crippen LogP contribution in [-0.2, 0) is 11.3 Å². The number of aryl methyl sites for hydroxylation is 1. The standard InChI is InChI=1S/C15H21NO3/c1-11-5-6-12(13(9-11)19-2)10-16-14(17)15(18)7-3-4-8-15/h5-6,9,18H,3-4,7-8,10H2,1-2H3,(H,16,17). The van der Waals surface area contributed by atoms with E-state index in [1.54, 1.807) is 7.11 Å². The predicted octanol–water partition coefficient (Wildman–Crippen LogP) is 1.92. The fourth-order valence-corrected chi connectivity index (χ4v) is 2.52. The van der Waals surface area contributed by atoms with Crippen LogP contribution < -0.4 is 10.1 Å². The van der Waals surface area contributed by atoms with Gasteiger partial charge >= 0.3 is 0 Å². The summed E-state index contributed by atoms with van der Waals surface area (Å²) < 4.78 is 5.30. The summed E-state index contributed by atoms with van der Waals surface area (Å²) in [5.41, 5.74) is 0.863. The van der Waals surface area contributed by atoms with Gasteiger partial charge in [-0.25, -0.2) is 0 Å². The first-order chi connectivity index (χ1) is 9.05. The van der Waals surface area contributed by atoms with Crippen molar-refractivity contribution in [2.75, 3.05) is 7.11 Å². The van der Waals surface area contributed by atoms with Gasteiger partial charge in [0, 0.05) is 12.1 Å². The highest BCUT2D eigenvalue weighted by Gasteiger charge is 2.38. The normalized spacial score (nSPS) is 17.2. The number of nitrogens with one attached hydrogen (secondary N) is 1. The third-order valence-electron chi connectivity index (χ3n) is 3.74. The maximum absolute atomic E-state index is 12.0. The van der Waals surface area contributed by atoms with Gasteiger partial charge in [0.1, 0.15) is 11.4 Å². The summed E-state index contributed by atoms with van der Waals surface area (Å²) in [5, 5.41) is 13.0. The van der Waals surface area contributed by atoms with E-state index in [2.05, 4.69) is 5.32 Å². The second-order valence-corrected chi connectivity index (χ2v) is 5.24. The first-order valence-corrected chi connectivity index (χ1v) is 6.69. The van der Waals surface area contributed by atoms with Crippen molar-refractivity contribution in [3.8, 4) is 5.75 Å². The van der Waals surface area contributed by atoms with E-state index < -0.39 is 5.60 Å². The van der Waals surface area contributed by atoms with Crippen molar-refractivity contribution in [3.63, 3.8) is 0 Å². The molecule has 1 amide bonds. The average molecular weight is 263 g/mol. The predicted molar refractivity (Wildman–Crippen MR) is 73.0 cm³/mol. The van der Waals surface area contributed by atoms with Crippen molar-refractivity contribution < 1.29 is 14.6 Å². The number of aliphatic hydroxyl groups is 1. The summed E-state index contributed by atoms with van der Waals surface area (Å²) in [5.74, 6) is 0.492. The van der Waals surface area contributed by atoms with Crippen LogP contribution in [0, 0.1) is 6.92 Å². The number of carbonyl (C=O) groups is 1. The van der Waals surface area contributed by atoms with Crippen molar-refractivity contribution >= 4 is 5.91 Å². The zero-order valence-electron chi connectivity index (χ0n) is 11.5. The molecule has 0 unspecified atom stereocenters. The van der Waals surface area contributed by atoms with Gasteiger partial charge in [0.2, 0.25) is 0 Å². The molecular weight excluding hydrogens is 242 g/mol. The molecule has 1 aliphatic carbocycles. The van der Waals surface area contributed by atoms with Gasteiger partial charge in [0.15, 0.2) is 0 Å². The van der Waals surface area contributed by atoms with E-state index in [9.17, 15) is 9.90 Å². The Morgan fingerprint density at radius 3 is 2.74 bits per heavy atom. The number of ether oxygens (including phenoxy) is 1. The molecule has 2 N–H and O–H groups in total. The SMILES string of the molecule is COc1cc(C)ccc1CNC(=O)C1(O)CCCC1. The Bertz CT molecular complexity index is 464. The molecule has 1 saturated carbocycles. The number of hydrogen-bond acceptors (Lipinski definition) is 3. The lowest BCUT2D eigenvalue weighted by molar-refractivity contribution is -0.139. The molecule has 19 heavy (non-hydrogen) atoms. The van der Waals surface area contributed by atoms with Gasteiger partial charge in [0.25, 0.3) is 5.91 Å². The van der Waals surface area contributed by atoms with Crippen LogP contribution in [0.3, 0.4) is 0 Å². The van der Waals surface area contributed by atoms with Gasteiger partial charge < -0.3 is 15.2 Å². The van der Waals surface area contributed by atoms with Crippen molar-refractivity contribution in [1.29, 1.82) is 0 Å². The van der Waals surface area contributed by atoms with Crippen LogP contribution in [0.25, 0.3) is 0 Å². The summed E-state index contributed by atoms with van der Waals surface area (Å²) >= 11 is 0. The van der Waals surface area contributed by atoms with E-state index in [-0.39, 0.29) is 5.91 Å². The van der Waals surface area contributed by atoms with Crippen molar-refractivity contribution in [1.82, 2.24) is 5.32 Å². The van der Waals surface area contributed by atoms with E-state index >= 15 is 0 Å². The summed E-state index contributed by atoms with van der Waals surface area (Å²) in [6.07, 6.45) is 2.95. The first-order valence-electron chi connectivity index (χ1n) is 6.69. The minimum absolute atomic E-state index is 0.271. The monoisotopic (exact) mass is 263 g/mol. The zero-order valence-corrected chi connectivity index (χ0v) is 11.5. The van der Waals surface area contributed by atoms with E-state index in [0.717, 1.165) is 29.7 Å². The van der Waals surface area contributed by atoms with Crippen LogP contribution >= 0.6 is 0 Å². The molecule has 0 atom stereocenters. The molecule has 0 heterocycles. The van der Waals surface area contributed by atoms with Crippen LogP contribution in [0.4, 0.5) is 0 Å². The van der Waals surface area contributed by atoms with E-state index in [1.807, 2.05) is 25.1 Å². The highest BCUT2D eigenvalue weighted by atomic mass is 16.5. The highest BCUT2D eigenvalue weighted by Crippen LogP contribution is 2.29. The lowest BCUT2D eigenvalue weighted by Gasteiger charge is -2.21. The zero-order chi connectivity index (χ0) is 13.9. The molecule has 1 aromatic rings. The Balaban J connectivity index is 2.00. The number of rotatable bonds is 4. The molecule has 0 aromatic heterocycles. The van der Waals surface area contributed by atoms with Crippen LogP contribution in [0.15, 0.2) is 18.2 Å². The second-order valence-electron chi connectivity index (χ2n) is 5.24. The van der Waals surface area contributed by atoms with Gasteiger partial charge in [-0.3, -0.25) is 4.79 Å². The average Bonchev–Trinajstić information content (AvgIpc) is 2.85. The second kappa shape index (κ2) is 5.61. The third kappa shape index (κ3) is 3.07. The van der Waals surface area contributed by atoms with Gasteiger partial charge in [-0.05, 0) is 44.2 Å². The van der Waals surface area contributed by atoms with Gasteiger partial charge in [-0.2, -0.15) is 0 Å². The molecule has 0 radical (unpaired) electrons. The number of amides is 1. The Hall–Kier alpha value is -1.55. The maximum Gasteiger partial charge on any atom is 0.252 e. The smallest absolute Gasteiger partial charge is 0.252 e. The van der Waals surface area contributed by atoms with Crippen LogP contribution in [0.5, 0.6) is 5.75 Å². The first kappa shape index (κ1) is 13.9. The lowest BCUT2D eigenvalue weighted by atomic mass is 10.0. The number of carbonyl (C=O) groups excluding carboxylic acids is 1. The topological polar surface area (TPSA) is 58.6 Å². The van der Waals surface area contributed by atoms with E-state index in [0.29, 0.717) is 19.4 Å². The third-order valence-corrected chi connectivity index (χ3v) is 3.74. The summed E-state index contributed by atoms with van der Waals surface area (Å²) in [6.45, 7) is 2.37. The fraction of sp³-hybridized carbons (Fsp3) is 0.533. The van der Waals surface area contributed by atoms with Crippen LogP contribution in [0.2, 0.25) is 0 Å². The maximum atomic E-state index is 12.0. The van der Waals surface area contributed by atoms with Gasteiger partial charge in [-0.1, -0.05) is 12.1 Å². The Labute approximate surface area is 113 Å². The summed E-state index contributed by atoms with van der Waals surface area (Å²) in [7, 11) is 1.62. The molecular formula is C15H21NO3. The largest absolute Gasteiger partial charge is 0.496 e. The molecule has 1 fully saturated rings. The molecule has 0 saturated heterocycles. The highest BCUT2D eigenvalue weighted by molar-refractivity contribution is 5.85. The number of hydrogen-bond donors (Lipinski definition) is 2. The Morgan fingerprint density at radius 1 is 1.42 bits per heavy atom. The van der Waals surface area contributed by atoms with E-state index in [4.69, 9.17) is 4.74 Å². The minimum atomic E-state index is -1.17. The summed E-state index contributed by atoms with van der Waals surface area (Å²) in [6, 6.07) is 5.85. The van der Waals surface area contributed by atoms with Crippen molar-refractivity contribution in [2.45, 2.75) is 44.8 Å². The van der Waals surface area contributed by atoms with Gasteiger partial charge in [0.05, 0.1) is 7.11 Å². The van der Waals surface area contributed by atoms with Crippen molar-refractivity contribution in [3.05, 3.63) is 29.3 Å². The number of benzene rings is 1. The number of methoxy groups -OCH3 is 1. The molecule has 2 rings (SSSR count). The molecule has 104 valence electrons. The van der Waals surface area contributed by atoms with Gasteiger partial charge in [-0.15, -0.1) is 0 Å². The fourth-order valence-electron chi connectivity index (χ4n) is 2.52. The summed E-state index contributed by atoms with van der Waals surface area (Å²) in [4.78, 5) is 12.0. The Morgan fingerprint density at radius 2 is 2.11 bits per heavy atom. The van der Waals surface area contributed by atoms with Crippen LogP contribution in [-0.4, -0.2) is 23.7 Å². The quantitative estimate of drug-likeness (QED) is 0.872. The molecule has 4 heteroatoms. The van der Waals surface area contributed by atoms with Crippen LogP contribution in [0.1, 0.15) is 36.8 Å². The minimum Gasteiger partial charge on any atom is -0.496 e. The molecule has 0 aliphatic heterocycles. The molecule has 1 aromatic carbocycles. The molecule has 0 spiro atoms. The molecule has 0 bridgehead atoms. The van der Waals surface area contributed by atoms with E-state index in [1.165, 1.54) is 0 Å². The molecule has 4 nitrogen and oxygen atoms in total. The van der Waals surface area contributed by atoms with Crippen molar-refractivity contribution in [2.24, 2.45) is 0 Å².